The quantitative estimate of drug-likeness (QED) is 0.714. The van der Waals surface area contributed by atoms with Gasteiger partial charge in [-0.1, -0.05) is 24.3 Å². The molecule has 2 atom stereocenters. The molecule has 0 bridgehead atoms. The number of aromatic hydroxyl groups is 1. The van der Waals surface area contributed by atoms with Gasteiger partial charge in [0.2, 0.25) is 0 Å². The van der Waals surface area contributed by atoms with Crippen LogP contribution in [0.1, 0.15) is 17.2 Å². The SMILES string of the molecule is CN(C)C(CO)C(O)c1ccc(N=Cc2ccccc2O)cc1. The Labute approximate surface area is 136 Å². The van der Waals surface area contributed by atoms with Gasteiger partial charge < -0.3 is 20.2 Å². The largest absolute Gasteiger partial charge is 0.507 e. The van der Waals surface area contributed by atoms with Gasteiger partial charge in [0.25, 0.3) is 0 Å². The predicted octanol–water partition coefficient (Wildman–Crippen LogP) is 2.10. The van der Waals surface area contributed by atoms with Gasteiger partial charge in [-0.25, -0.2) is 0 Å². The van der Waals surface area contributed by atoms with Crippen molar-refractivity contribution in [1.82, 2.24) is 4.90 Å². The van der Waals surface area contributed by atoms with Crippen molar-refractivity contribution in [3.8, 4) is 5.75 Å². The highest BCUT2D eigenvalue weighted by atomic mass is 16.3. The van der Waals surface area contributed by atoms with Crippen LogP contribution in [0.4, 0.5) is 5.69 Å². The Morgan fingerprint density at radius 1 is 1.09 bits per heavy atom. The van der Waals surface area contributed by atoms with Gasteiger partial charge in [-0.05, 0) is 43.9 Å². The zero-order chi connectivity index (χ0) is 16.8. The molecule has 0 fully saturated rings. The van der Waals surface area contributed by atoms with Gasteiger partial charge >= 0.3 is 0 Å². The van der Waals surface area contributed by atoms with E-state index in [1.165, 1.54) is 0 Å². The lowest BCUT2D eigenvalue weighted by molar-refractivity contribution is 0.0390. The van der Waals surface area contributed by atoms with Gasteiger partial charge in [0, 0.05) is 11.8 Å². The highest BCUT2D eigenvalue weighted by Crippen LogP contribution is 2.23. The summed E-state index contributed by atoms with van der Waals surface area (Å²) in [6.07, 6.45) is 0.822. The number of hydrogen-bond donors (Lipinski definition) is 3. The Kier molecular flexibility index (Phi) is 5.87. The van der Waals surface area contributed by atoms with Crippen molar-refractivity contribution in [3.05, 3.63) is 59.7 Å². The van der Waals surface area contributed by atoms with E-state index in [0.717, 1.165) is 11.3 Å². The molecule has 5 heteroatoms. The van der Waals surface area contributed by atoms with E-state index in [2.05, 4.69) is 4.99 Å². The average molecular weight is 314 g/mol. The van der Waals surface area contributed by atoms with Crippen molar-refractivity contribution < 1.29 is 15.3 Å². The Balaban J connectivity index is 2.12. The molecule has 0 aromatic heterocycles. The number of nitrogens with zero attached hydrogens (tertiary/aromatic N) is 2. The van der Waals surface area contributed by atoms with Crippen LogP contribution >= 0.6 is 0 Å². The van der Waals surface area contributed by atoms with E-state index < -0.39 is 6.10 Å². The third-order valence-electron chi connectivity index (χ3n) is 3.74. The summed E-state index contributed by atoms with van der Waals surface area (Å²) in [5, 5.41) is 29.4. The number of phenolic OH excluding ortho intramolecular Hbond substituents is 1. The molecule has 0 saturated heterocycles. The monoisotopic (exact) mass is 314 g/mol. The molecule has 0 heterocycles. The molecule has 2 unspecified atom stereocenters. The number of para-hydroxylation sites is 1. The molecule has 2 aromatic rings. The molecular weight excluding hydrogens is 292 g/mol. The number of likely N-dealkylation sites (N-methyl/N-ethyl adjacent to an activating group) is 1. The summed E-state index contributed by atoms with van der Waals surface area (Å²) >= 11 is 0. The summed E-state index contributed by atoms with van der Waals surface area (Å²) in [6.45, 7) is -0.124. The molecule has 2 rings (SSSR count). The summed E-state index contributed by atoms with van der Waals surface area (Å²) < 4.78 is 0. The van der Waals surface area contributed by atoms with E-state index in [9.17, 15) is 15.3 Å². The summed E-state index contributed by atoms with van der Waals surface area (Å²) in [5.74, 6) is 0.181. The van der Waals surface area contributed by atoms with Crippen molar-refractivity contribution in [1.29, 1.82) is 0 Å². The number of rotatable bonds is 6. The van der Waals surface area contributed by atoms with E-state index in [1.807, 2.05) is 20.2 Å². The number of aliphatic imine (C=N–C) groups is 1. The first-order chi connectivity index (χ1) is 11.0. The van der Waals surface area contributed by atoms with E-state index in [1.54, 1.807) is 53.6 Å². The number of phenols is 1. The molecular formula is C18H22N2O3. The Morgan fingerprint density at radius 3 is 2.30 bits per heavy atom. The molecule has 0 radical (unpaired) electrons. The highest BCUT2D eigenvalue weighted by molar-refractivity contribution is 5.85. The highest BCUT2D eigenvalue weighted by Gasteiger charge is 2.21. The van der Waals surface area contributed by atoms with Crippen LogP contribution in [0.25, 0.3) is 0 Å². The van der Waals surface area contributed by atoms with Crippen molar-refractivity contribution in [2.75, 3.05) is 20.7 Å². The molecule has 2 aromatic carbocycles. The van der Waals surface area contributed by atoms with Crippen molar-refractivity contribution in [3.63, 3.8) is 0 Å². The summed E-state index contributed by atoms with van der Waals surface area (Å²) in [5.41, 5.74) is 2.08. The fourth-order valence-electron chi connectivity index (χ4n) is 2.27. The van der Waals surface area contributed by atoms with Gasteiger partial charge in [-0.2, -0.15) is 0 Å². The van der Waals surface area contributed by atoms with Gasteiger partial charge in [-0.3, -0.25) is 4.99 Å². The normalized spacial score (nSPS) is 14.3. The maximum Gasteiger partial charge on any atom is 0.124 e. The summed E-state index contributed by atoms with van der Waals surface area (Å²) in [4.78, 5) is 6.10. The third kappa shape index (κ3) is 4.39. The van der Waals surface area contributed by atoms with Crippen LogP contribution in [0, 0.1) is 0 Å². The van der Waals surface area contributed by atoms with Crippen molar-refractivity contribution >= 4 is 11.9 Å². The summed E-state index contributed by atoms with van der Waals surface area (Å²) in [7, 11) is 3.63. The lowest BCUT2D eigenvalue weighted by Gasteiger charge is -2.27. The minimum Gasteiger partial charge on any atom is -0.507 e. The Morgan fingerprint density at radius 2 is 1.74 bits per heavy atom. The van der Waals surface area contributed by atoms with E-state index in [-0.39, 0.29) is 18.4 Å². The molecule has 122 valence electrons. The molecule has 23 heavy (non-hydrogen) atoms. The fraction of sp³-hybridized carbons (Fsp3) is 0.278. The van der Waals surface area contributed by atoms with Crippen LogP contribution in [0.3, 0.4) is 0 Å². The van der Waals surface area contributed by atoms with Crippen LogP contribution < -0.4 is 0 Å². The molecule has 0 saturated carbocycles. The van der Waals surface area contributed by atoms with Crippen molar-refractivity contribution in [2.24, 2.45) is 4.99 Å². The van der Waals surface area contributed by atoms with E-state index in [0.29, 0.717) is 5.56 Å². The topological polar surface area (TPSA) is 76.3 Å². The predicted molar refractivity (Wildman–Crippen MR) is 91.3 cm³/mol. The molecule has 0 amide bonds. The first-order valence-electron chi connectivity index (χ1n) is 7.40. The lowest BCUT2D eigenvalue weighted by Crippen LogP contribution is -2.37. The first-order valence-corrected chi connectivity index (χ1v) is 7.40. The van der Waals surface area contributed by atoms with Gasteiger partial charge in [0.1, 0.15) is 5.75 Å². The molecule has 0 spiro atoms. The second-order valence-electron chi connectivity index (χ2n) is 5.57. The van der Waals surface area contributed by atoms with Crippen molar-refractivity contribution in [2.45, 2.75) is 12.1 Å². The minimum absolute atomic E-state index is 0.124. The van der Waals surface area contributed by atoms with Gasteiger partial charge in [0.15, 0.2) is 0 Å². The van der Waals surface area contributed by atoms with Crippen LogP contribution in [0.5, 0.6) is 5.75 Å². The first kappa shape index (κ1) is 17.1. The zero-order valence-corrected chi connectivity index (χ0v) is 13.3. The smallest absolute Gasteiger partial charge is 0.124 e. The van der Waals surface area contributed by atoms with Gasteiger partial charge in [0.05, 0.1) is 24.4 Å². The zero-order valence-electron chi connectivity index (χ0n) is 13.3. The Bertz CT molecular complexity index is 654. The standard InChI is InChI=1S/C18H22N2O3/c1-20(2)16(12-21)18(23)13-7-9-15(10-8-13)19-11-14-5-3-4-6-17(14)22/h3-11,16,18,21-23H,12H2,1-2H3. The van der Waals surface area contributed by atoms with Crippen LogP contribution in [0.2, 0.25) is 0 Å². The second kappa shape index (κ2) is 7.87. The molecule has 0 aliphatic rings. The Hall–Kier alpha value is -2.21. The average Bonchev–Trinajstić information content (AvgIpc) is 2.55. The summed E-state index contributed by atoms with van der Waals surface area (Å²) in [6, 6.07) is 13.8. The van der Waals surface area contributed by atoms with Crippen LogP contribution in [0.15, 0.2) is 53.5 Å². The van der Waals surface area contributed by atoms with Crippen LogP contribution in [-0.4, -0.2) is 53.2 Å². The molecule has 5 nitrogen and oxygen atoms in total. The minimum atomic E-state index is -0.772. The molecule has 0 aliphatic carbocycles. The number of aliphatic hydroxyl groups is 2. The van der Waals surface area contributed by atoms with E-state index in [4.69, 9.17) is 0 Å². The second-order valence-corrected chi connectivity index (χ2v) is 5.57. The van der Waals surface area contributed by atoms with Gasteiger partial charge in [-0.15, -0.1) is 0 Å². The van der Waals surface area contributed by atoms with E-state index >= 15 is 0 Å². The maximum atomic E-state index is 10.3. The molecule has 3 N–H and O–H groups in total. The fourth-order valence-corrected chi connectivity index (χ4v) is 2.27. The lowest BCUT2D eigenvalue weighted by atomic mass is 10.0. The van der Waals surface area contributed by atoms with Crippen LogP contribution in [-0.2, 0) is 0 Å². The number of hydrogen-bond acceptors (Lipinski definition) is 5. The number of benzene rings is 2. The third-order valence-corrected chi connectivity index (χ3v) is 3.74. The molecule has 0 aliphatic heterocycles. The maximum absolute atomic E-state index is 10.3. The number of aliphatic hydroxyl groups excluding tert-OH is 2.